The highest BCUT2D eigenvalue weighted by Gasteiger charge is 2.12. The van der Waals surface area contributed by atoms with E-state index < -0.39 is 0 Å². The van der Waals surface area contributed by atoms with Gasteiger partial charge in [0.2, 0.25) is 11.7 Å². The predicted octanol–water partition coefficient (Wildman–Crippen LogP) is 2.26. The van der Waals surface area contributed by atoms with E-state index in [2.05, 4.69) is 15.6 Å². The Morgan fingerprint density at radius 3 is 2.79 bits per heavy atom. The van der Waals surface area contributed by atoms with Gasteiger partial charge >= 0.3 is 0 Å². The first-order chi connectivity index (χ1) is 9.10. The Labute approximate surface area is 112 Å². The largest absolute Gasteiger partial charge is 0.434 e. The maximum absolute atomic E-state index is 12.0. The summed E-state index contributed by atoms with van der Waals surface area (Å²) in [5.74, 6) is 0.411. The molecule has 1 heterocycles. The van der Waals surface area contributed by atoms with Crippen LogP contribution in [-0.2, 0) is 6.54 Å². The van der Waals surface area contributed by atoms with Crippen LogP contribution in [-0.4, -0.2) is 17.9 Å². The number of anilines is 1. The van der Waals surface area contributed by atoms with Crippen LogP contribution in [0.1, 0.15) is 27.6 Å². The molecule has 2 rings (SSSR count). The molecule has 0 atom stereocenters. The maximum Gasteiger partial charge on any atom is 0.293 e. The molecule has 0 aliphatic heterocycles. The fraction of sp³-hybridized carbons (Fsp3) is 0.286. The SMILES string of the molecule is CNCc1ncc(C(=O)Nc2ccc(C)c(C)c2)o1. The van der Waals surface area contributed by atoms with Gasteiger partial charge in [-0.3, -0.25) is 4.79 Å². The number of amides is 1. The molecule has 100 valence electrons. The predicted molar refractivity (Wildman–Crippen MR) is 73.1 cm³/mol. The van der Waals surface area contributed by atoms with Crippen LogP contribution in [0.2, 0.25) is 0 Å². The van der Waals surface area contributed by atoms with Crippen LogP contribution in [0.5, 0.6) is 0 Å². The molecular weight excluding hydrogens is 242 g/mol. The summed E-state index contributed by atoms with van der Waals surface area (Å²) in [6.07, 6.45) is 1.43. The molecule has 0 saturated heterocycles. The zero-order chi connectivity index (χ0) is 13.8. The standard InChI is InChI=1S/C14H17N3O2/c1-9-4-5-11(6-10(9)2)17-14(18)12-7-16-13(19-12)8-15-3/h4-7,15H,8H2,1-3H3,(H,17,18). The van der Waals surface area contributed by atoms with Gasteiger partial charge in [0.15, 0.2) is 0 Å². The second-order valence-corrected chi connectivity index (χ2v) is 4.40. The quantitative estimate of drug-likeness (QED) is 0.883. The number of benzene rings is 1. The van der Waals surface area contributed by atoms with Crippen molar-refractivity contribution < 1.29 is 9.21 Å². The molecule has 1 aromatic carbocycles. The van der Waals surface area contributed by atoms with Crippen molar-refractivity contribution in [3.63, 3.8) is 0 Å². The van der Waals surface area contributed by atoms with Crippen LogP contribution in [0.4, 0.5) is 5.69 Å². The highest BCUT2D eigenvalue weighted by molar-refractivity contribution is 6.02. The van der Waals surface area contributed by atoms with Crippen LogP contribution in [0.3, 0.4) is 0 Å². The van der Waals surface area contributed by atoms with Crippen LogP contribution >= 0.6 is 0 Å². The maximum atomic E-state index is 12.0. The van der Waals surface area contributed by atoms with E-state index in [1.807, 2.05) is 32.0 Å². The summed E-state index contributed by atoms with van der Waals surface area (Å²) in [5, 5.41) is 5.70. The van der Waals surface area contributed by atoms with Gasteiger partial charge < -0.3 is 15.1 Å². The Morgan fingerprint density at radius 1 is 1.32 bits per heavy atom. The van der Waals surface area contributed by atoms with Gasteiger partial charge in [0.1, 0.15) is 0 Å². The first-order valence-corrected chi connectivity index (χ1v) is 6.08. The molecule has 1 aromatic heterocycles. The first kappa shape index (κ1) is 13.3. The van der Waals surface area contributed by atoms with Crippen LogP contribution in [0.15, 0.2) is 28.8 Å². The van der Waals surface area contributed by atoms with Gasteiger partial charge in [0, 0.05) is 5.69 Å². The van der Waals surface area contributed by atoms with E-state index >= 15 is 0 Å². The number of hydrogen-bond acceptors (Lipinski definition) is 4. The normalized spacial score (nSPS) is 10.5. The number of oxazole rings is 1. The van der Waals surface area contributed by atoms with Crippen molar-refractivity contribution in [2.24, 2.45) is 0 Å². The molecule has 0 fully saturated rings. The zero-order valence-corrected chi connectivity index (χ0v) is 11.3. The van der Waals surface area contributed by atoms with Crippen molar-refractivity contribution in [1.29, 1.82) is 0 Å². The van der Waals surface area contributed by atoms with Crippen LogP contribution in [0.25, 0.3) is 0 Å². The lowest BCUT2D eigenvalue weighted by molar-refractivity contribution is 0.0994. The summed E-state index contributed by atoms with van der Waals surface area (Å²) in [7, 11) is 1.79. The second-order valence-electron chi connectivity index (χ2n) is 4.40. The third-order valence-corrected chi connectivity index (χ3v) is 2.87. The molecule has 2 N–H and O–H groups in total. The fourth-order valence-corrected chi connectivity index (χ4v) is 1.66. The summed E-state index contributed by atoms with van der Waals surface area (Å²) in [4.78, 5) is 16.0. The molecule has 0 bridgehead atoms. The summed E-state index contributed by atoms with van der Waals surface area (Å²) >= 11 is 0. The Balaban J connectivity index is 2.09. The molecule has 5 heteroatoms. The molecule has 0 unspecified atom stereocenters. The van der Waals surface area contributed by atoms with Crippen molar-refractivity contribution in [2.75, 3.05) is 12.4 Å². The average Bonchev–Trinajstić information content (AvgIpc) is 2.83. The number of rotatable bonds is 4. The lowest BCUT2D eigenvalue weighted by Gasteiger charge is -2.05. The van der Waals surface area contributed by atoms with Gasteiger partial charge in [-0.15, -0.1) is 0 Å². The fourth-order valence-electron chi connectivity index (χ4n) is 1.66. The molecule has 0 aliphatic carbocycles. The Bertz CT molecular complexity index is 590. The summed E-state index contributed by atoms with van der Waals surface area (Å²) < 4.78 is 5.33. The minimum Gasteiger partial charge on any atom is -0.434 e. The number of aryl methyl sites for hydroxylation is 2. The topological polar surface area (TPSA) is 67.2 Å². The van der Waals surface area contributed by atoms with Gasteiger partial charge in [-0.05, 0) is 44.2 Å². The highest BCUT2D eigenvalue weighted by atomic mass is 16.4. The van der Waals surface area contributed by atoms with Crippen LogP contribution in [0, 0.1) is 13.8 Å². The number of carbonyl (C=O) groups is 1. The van der Waals surface area contributed by atoms with Gasteiger partial charge in [-0.2, -0.15) is 0 Å². The molecule has 0 saturated carbocycles. The molecule has 2 aromatic rings. The summed E-state index contributed by atoms with van der Waals surface area (Å²) in [6.45, 7) is 4.53. The summed E-state index contributed by atoms with van der Waals surface area (Å²) in [6, 6.07) is 5.76. The van der Waals surface area contributed by atoms with E-state index in [1.54, 1.807) is 7.05 Å². The van der Waals surface area contributed by atoms with E-state index in [-0.39, 0.29) is 11.7 Å². The average molecular weight is 259 g/mol. The number of hydrogen-bond donors (Lipinski definition) is 2. The number of aromatic nitrogens is 1. The van der Waals surface area contributed by atoms with Crippen molar-refractivity contribution in [2.45, 2.75) is 20.4 Å². The molecule has 0 spiro atoms. The highest BCUT2D eigenvalue weighted by Crippen LogP contribution is 2.15. The van der Waals surface area contributed by atoms with Gasteiger partial charge in [-0.1, -0.05) is 6.07 Å². The van der Waals surface area contributed by atoms with Crippen molar-refractivity contribution >= 4 is 11.6 Å². The smallest absolute Gasteiger partial charge is 0.293 e. The molecular formula is C14H17N3O2. The second kappa shape index (κ2) is 5.67. The number of nitrogens with zero attached hydrogens (tertiary/aromatic N) is 1. The van der Waals surface area contributed by atoms with E-state index in [9.17, 15) is 4.79 Å². The first-order valence-electron chi connectivity index (χ1n) is 6.08. The lowest BCUT2D eigenvalue weighted by Crippen LogP contribution is -2.11. The van der Waals surface area contributed by atoms with Gasteiger partial charge in [-0.25, -0.2) is 4.98 Å². The van der Waals surface area contributed by atoms with E-state index in [4.69, 9.17) is 4.42 Å². The van der Waals surface area contributed by atoms with E-state index in [0.717, 1.165) is 11.3 Å². The number of carbonyl (C=O) groups excluding carboxylic acids is 1. The minimum absolute atomic E-state index is 0.212. The van der Waals surface area contributed by atoms with Gasteiger partial charge in [0.05, 0.1) is 12.7 Å². The lowest BCUT2D eigenvalue weighted by atomic mass is 10.1. The minimum atomic E-state index is -0.293. The number of nitrogens with one attached hydrogen (secondary N) is 2. The van der Waals surface area contributed by atoms with Crippen LogP contribution < -0.4 is 10.6 Å². The van der Waals surface area contributed by atoms with E-state index in [1.165, 1.54) is 11.8 Å². The Morgan fingerprint density at radius 2 is 2.11 bits per heavy atom. The van der Waals surface area contributed by atoms with Crippen molar-refractivity contribution in [3.05, 3.63) is 47.2 Å². The third-order valence-electron chi connectivity index (χ3n) is 2.87. The van der Waals surface area contributed by atoms with Crippen molar-refractivity contribution in [3.8, 4) is 0 Å². The Kier molecular flexibility index (Phi) is 3.97. The summed E-state index contributed by atoms with van der Waals surface area (Å²) in [5.41, 5.74) is 3.07. The Hall–Kier alpha value is -2.14. The van der Waals surface area contributed by atoms with E-state index in [0.29, 0.717) is 12.4 Å². The monoisotopic (exact) mass is 259 g/mol. The molecule has 5 nitrogen and oxygen atoms in total. The zero-order valence-electron chi connectivity index (χ0n) is 11.3. The molecule has 0 aliphatic rings. The van der Waals surface area contributed by atoms with Crippen molar-refractivity contribution in [1.82, 2.24) is 10.3 Å². The molecule has 19 heavy (non-hydrogen) atoms. The third kappa shape index (κ3) is 3.20. The molecule has 0 radical (unpaired) electrons. The molecule has 1 amide bonds. The van der Waals surface area contributed by atoms with Gasteiger partial charge in [0.25, 0.3) is 5.91 Å².